The van der Waals surface area contributed by atoms with Gasteiger partial charge in [-0.15, -0.1) is 0 Å². The molecule has 0 aliphatic rings. The molecule has 1 atom stereocenters. The lowest BCUT2D eigenvalue weighted by Crippen LogP contribution is -2.08. The summed E-state index contributed by atoms with van der Waals surface area (Å²) >= 11 is 0. The Labute approximate surface area is 116 Å². The summed E-state index contributed by atoms with van der Waals surface area (Å²) in [7, 11) is 0. The molecule has 0 aromatic heterocycles. The summed E-state index contributed by atoms with van der Waals surface area (Å²) in [5, 5.41) is 9.84. The number of alkyl halides is 3. The highest BCUT2D eigenvalue weighted by Gasteiger charge is 2.31. The van der Waals surface area contributed by atoms with Gasteiger partial charge >= 0.3 is 6.18 Å². The fourth-order valence-electron chi connectivity index (χ4n) is 2.07. The number of hydrogen-bond donors (Lipinski definition) is 1. The van der Waals surface area contributed by atoms with E-state index in [1.165, 1.54) is 0 Å². The van der Waals surface area contributed by atoms with Crippen LogP contribution in [0.15, 0.2) is 18.2 Å². The average molecular weight is 292 g/mol. The van der Waals surface area contributed by atoms with Crippen LogP contribution in [0.25, 0.3) is 0 Å². The molecule has 0 spiro atoms. The maximum atomic E-state index is 13.5. The zero-order chi connectivity index (χ0) is 15.2. The summed E-state index contributed by atoms with van der Waals surface area (Å²) in [6, 6.07) is 2.15. The third kappa shape index (κ3) is 5.12. The molecular formula is C15H20F4O. The molecular weight excluding hydrogens is 272 g/mol. The van der Waals surface area contributed by atoms with Crippen molar-refractivity contribution in [1.29, 1.82) is 0 Å². The van der Waals surface area contributed by atoms with E-state index in [9.17, 15) is 22.7 Å². The number of aliphatic hydroxyl groups is 1. The first-order valence-corrected chi connectivity index (χ1v) is 6.91. The van der Waals surface area contributed by atoms with Crippen molar-refractivity contribution in [2.24, 2.45) is 0 Å². The molecule has 0 aliphatic heterocycles. The van der Waals surface area contributed by atoms with Gasteiger partial charge in [-0.3, -0.25) is 0 Å². The SMILES string of the molecule is CCCCCCCC(O)c1cc(C(F)(F)F)ccc1F. The minimum Gasteiger partial charge on any atom is -0.388 e. The minimum atomic E-state index is -4.52. The molecule has 0 saturated heterocycles. The maximum Gasteiger partial charge on any atom is 0.416 e. The van der Waals surface area contributed by atoms with Crippen LogP contribution in [0.2, 0.25) is 0 Å². The van der Waals surface area contributed by atoms with Crippen LogP contribution in [0.3, 0.4) is 0 Å². The molecule has 1 rings (SSSR count). The topological polar surface area (TPSA) is 20.2 Å². The van der Waals surface area contributed by atoms with Crippen LogP contribution < -0.4 is 0 Å². The van der Waals surface area contributed by atoms with Gasteiger partial charge < -0.3 is 5.11 Å². The second kappa shape index (κ2) is 7.62. The first-order chi connectivity index (χ1) is 9.36. The van der Waals surface area contributed by atoms with E-state index < -0.39 is 23.7 Å². The normalized spacial score (nSPS) is 13.5. The van der Waals surface area contributed by atoms with E-state index in [1.54, 1.807) is 0 Å². The van der Waals surface area contributed by atoms with Crippen LogP contribution >= 0.6 is 0 Å². The summed E-state index contributed by atoms with van der Waals surface area (Å²) in [5.41, 5.74) is -1.20. The quantitative estimate of drug-likeness (QED) is 0.538. The van der Waals surface area contributed by atoms with Crippen LogP contribution in [0.4, 0.5) is 17.6 Å². The van der Waals surface area contributed by atoms with E-state index in [0.717, 1.165) is 31.7 Å². The fraction of sp³-hybridized carbons (Fsp3) is 0.600. The zero-order valence-corrected chi connectivity index (χ0v) is 11.5. The number of benzene rings is 1. The molecule has 0 heterocycles. The lowest BCUT2D eigenvalue weighted by atomic mass is 10.00. The molecule has 0 bridgehead atoms. The highest BCUT2D eigenvalue weighted by Crippen LogP contribution is 2.32. The second-order valence-corrected chi connectivity index (χ2v) is 4.95. The average Bonchev–Trinajstić information content (AvgIpc) is 2.37. The van der Waals surface area contributed by atoms with E-state index in [-0.39, 0.29) is 12.0 Å². The summed E-state index contributed by atoms with van der Waals surface area (Å²) in [5.74, 6) is -0.793. The van der Waals surface area contributed by atoms with Gasteiger partial charge in [-0.2, -0.15) is 13.2 Å². The molecule has 20 heavy (non-hydrogen) atoms. The summed E-state index contributed by atoms with van der Waals surface area (Å²) in [6.07, 6.45) is -0.653. The largest absolute Gasteiger partial charge is 0.416 e. The van der Waals surface area contributed by atoms with Gasteiger partial charge in [0.05, 0.1) is 11.7 Å². The van der Waals surface area contributed by atoms with Gasteiger partial charge in [-0.1, -0.05) is 39.0 Å². The van der Waals surface area contributed by atoms with Crippen LogP contribution in [-0.4, -0.2) is 5.11 Å². The van der Waals surface area contributed by atoms with Gasteiger partial charge in [0, 0.05) is 5.56 Å². The Morgan fingerprint density at radius 1 is 1.10 bits per heavy atom. The number of aliphatic hydroxyl groups excluding tert-OH is 1. The number of rotatable bonds is 7. The Balaban J connectivity index is 2.65. The molecule has 114 valence electrons. The van der Waals surface area contributed by atoms with Crippen molar-refractivity contribution >= 4 is 0 Å². The Hall–Kier alpha value is -1.10. The van der Waals surface area contributed by atoms with Crippen molar-refractivity contribution in [3.05, 3.63) is 35.1 Å². The predicted octanol–water partition coefficient (Wildman–Crippen LogP) is 5.24. The standard InChI is InChI=1S/C15H20F4O/c1-2-3-4-5-6-7-14(20)12-10-11(15(17,18)19)8-9-13(12)16/h8-10,14,20H,2-7H2,1H3. The van der Waals surface area contributed by atoms with Crippen LogP contribution in [0.5, 0.6) is 0 Å². The first-order valence-electron chi connectivity index (χ1n) is 6.91. The smallest absolute Gasteiger partial charge is 0.388 e. The van der Waals surface area contributed by atoms with E-state index in [2.05, 4.69) is 6.92 Å². The van der Waals surface area contributed by atoms with Gasteiger partial charge in [0.1, 0.15) is 5.82 Å². The molecule has 1 nitrogen and oxygen atoms in total. The molecule has 0 radical (unpaired) electrons. The van der Waals surface area contributed by atoms with Crippen LogP contribution in [0.1, 0.15) is 62.7 Å². The second-order valence-electron chi connectivity index (χ2n) is 4.95. The summed E-state index contributed by atoms with van der Waals surface area (Å²) in [4.78, 5) is 0. The Kier molecular flexibility index (Phi) is 6.46. The van der Waals surface area contributed by atoms with Crippen molar-refractivity contribution in [3.8, 4) is 0 Å². The number of halogens is 4. The summed E-state index contributed by atoms with van der Waals surface area (Å²) in [6.45, 7) is 2.08. The molecule has 0 amide bonds. The fourth-order valence-corrected chi connectivity index (χ4v) is 2.07. The Morgan fingerprint density at radius 2 is 1.75 bits per heavy atom. The van der Waals surface area contributed by atoms with Gasteiger partial charge in [0.15, 0.2) is 0 Å². The lowest BCUT2D eigenvalue weighted by molar-refractivity contribution is -0.137. The van der Waals surface area contributed by atoms with E-state index in [1.807, 2.05) is 0 Å². The Morgan fingerprint density at radius 3 is 2.35 bits per heavy atom. The molecule has 1 aromatic carbocycles. The number of unbranched alkanes of at least 4 members (excludes halogenated alkanes) is 4. The first kappa shape index (κ1) is 17.0. The highest BCUT2D eigenvalue weighted by molar-refractivity contribution is 5.28. The third-order valence-corrected chi connectivity index (χ3v) is 3.26. The third-order valence-electron chi connectivity index (χ3n) is 3.26. The van der Waals surface area contributed by atoms with Crippen LogP contribution in [-0.2, 0) is 6.18 Å². The van der Waals surface area contributed by atoms with Crippen LogP contribution in [0, 0.1) is 5.82 Å². The predicted molar refractivity (Wildman–Crippen MR) is 69.7 cm³/mol. The molecule has 0 fully saturated rings. The monoisotopic (exact) mass is 292 g/mol. The van der Waals surface area contributed by atoms with E-state index >= 15 is 0 Å². The van der Waals surface area contributed by atoms with E-state index in [0.29, 0.717) is 18.6 Å². The molecule has 0 saturated carbocycles. The maximum absolute atomic E-state index is 13.5. The highest BCUT2D eigenvalue weighted by atomic mass is 19.4. The lowest BCUT2D eigenvalue weighted by Gasteiger charge is -2.14. The van der Waals surface area contributed by atoms with Crippen molar-refractivity contribution in [1.82, 2.24) is 0 Å². The van der Waals surface area contributed by atoms with Crippen molar-refractivity contribution < 1.29 is 22.7 Å². The van der Waals surface area contributed by atoms with E-state index in [4.69, 9.17) is 0 Å². The molecule has 1 aromatic rings. The van der Waals surface area contributed by atoms with Crippen molar-refractivity contribution in [3.63, 3.8) is 0 Å². The summed E-state index contributed by atoms with van der Waals surface area (Å²) < 4.78 is 51.2. The number of hydrogen-bond acceptors (Lipinski definition) is 1. The Bertz CT molecular complexity index is 415. The van der Waals surface area contributed by atoms with Gasteiger partial charge in [-0.05, 0) is 24.6 Å². The van der Waals surface area contributed by atoms with Gasteiger partial charge in [-0.25, -0.2) is 4.39 Å². The molecule has 1 N–H and O–H groups in total. The molecule has 1 unspecified atom stereocenters. The molecule has 0 aliphatic carbocycles. The molecule has 5 heteroatoms. The zero-order valence-electron chi connectivity index (χ0n) is 11.5. The van der Waals surface area contributed by atoms with Gasteiger partial charge in [0.25, 0.3) is 0 Å². The van der Waals surface area contributed by atoms with Gasteiger partial charge in [0.2, 0.25) is 0 Å². The van der Waals surface area contributed by atoms with Crippen molar-refractivity contribution in [2.45, 2.75) is 57.7 Å². The van der Waals surface area contributed by atoms with Crippen molar-refractivity contribution in [2.75, 3.05) is 0 Å². The minimum absolute atomic E-state index is 0.268.